The standard InChI is InChI=1S/C16H15BrO2/c1-11-9-13(19-2)7-8-14(11)16(18)10-12-5-3-4-6-15(12)17/h3-9H,10H2,1-2H3. The highest BCUT2D eigenvalue weighted by Gasteiger charge is 2.12. The second-order valence-corrected chi connectivity index (χ2v) is 5.23. The molecule has 0 saturated heterocycles. The molecule has 2 aromatic rings. The van der Waals surface area contributed by atoms with E-state index in [1.807, 2.05) is 49.4 Å². The van der Waals surface area contributed by atoms with Crippen molar-refractivity contribution in [1.82, 2.24) is 0 Å². The van der Waals surface area contributed by atoms with E-state index in [0.717, 1.165) is 26.9 Å². The summed E-state index contributed by atoms with van der Waals surface area (Å²) >= 11 is 3.47. The Balaban J connectivity index is 2.23. The van der Waals surface area contributed by atoms with Gasteiger partial charge in [0.05, 0.1) is 7.11 Å². The summed E-state index contributed by atoms with van der Waals surface area (Å²) in [5.41, 5.74) is 2.69. The fourth-order valence-corrected chi connectivity index (χ4v) is 2.41. The first-order valence-corrected chi connectivity index (χ1v) is 6.82. The molecule has 0 unspecified atom stereocenters. The Hall–Kier alpha value is -1.61. The van der Waals surface area contributed by atoms with Crippen molar-refractivity contribution in [3.8, 4) is 5.75 Å². The first-order chi connectivity index (χ1) is 9.11. The molecule has 0 aromatic heterocycles. The number of rotatable bonds is 4. The highest BCUT2D eigenvalue weighted by atomic mass is 79.9. The first-order valence-electron chi connectivity index (χ1n) is 6.03. The summed E-state index contributed by atoms with van der Waals surface area (Å²) in [6.45, 7) is 1.93. The number of ketones is 1. The number of carbonyl (C=O) groups is 1. The Morgan fingerprint density at radius 2 is 1.95 bits per heavy atom. The van der Waals surface area contributed by atoms with E-state index < -0.39 is 0 Å². The summed E-state index contributed by atoms with van der Waals surface area (Å²) in [7, 11) is 1.62. The molecule has 98 valence electrons. The molecule has 0 N–H and O–H groups in total. The molecule has 0 aliphatic heterocycles. The molecule has 0 amide bonds. The molecule has 2 nitrogen and oxygen atoms in total. The second-order valence-electron chi connectivity index (χ2n) is 4.37. The summed E-state index contributed by atoms with van der Waals surface area (Å²) in [5.74, 6) is 0.891. The van der Waals surface area contributed by atoms with Crippen LogP contribution in [0.4, 0.5) is 0 Å². The second kappa shape index (κ2) is 6.02. The molecule has 0 saturated carbocycles. The molecule has 2 rings (SSSR count). The normalized spacial score (nSPS) is 10.3. The predicted molar refractivity (Wildman–Crippen MR) is 79.9 cm³/mol. The van der Waals surface area contributed by atoms with Gasteiger partial charge >= 0.3 is 0 Å². The van der Waals surface area contributed by atoms with Crippen molar-refractivity contribution in [2.75, 3.05) is 7.11 Å². The Bertz CT molecular complexity index is 605. The minimum absolute atomic E-state index is 0.118. The lowest BCUT2D eigenvalue weighted by molar-refractivity contribution is 0.0992. The third-order valence-electron chi connectivity index (χ3n) is 3.04. The molecule has 0 atom stereocenters. The van der Waals surface area contributed by atoms with Crippen LogP contribution in [0.3, 0.4) is 0 Å². The highest BCUT2D eigenvalue weighted by molar-refractivity contribution is 9.10. The van der Waals surface area contributed by atoms with E-state index in [-0.39, 0.29) is 5.78 Å². The zero-order valence-corrected chi connectivity index (χ0v) is 12.5. The van der Waals surface area contributed by atoms with Crippen LogP contribution in [0.25, 0.3) is 0 Å². The van der Waals surface area contributed by atoms with Crippen LogP contribution in [0.2, 0.25) is 0 Å². The first kappa shape index (κ1) is 13.8. The van der Waals surface area contributed by atoms with Crippen LogP contribution >= 0.6 is 15.9 Å². The van der Waals surface area contributed by atoms with E-state index >= 15 is 0 Å². The fraction of sp³-hybridized carbons (Fsp3) is 0.188. The number of hydrogen-bond donors (Lipinski definition) is 0. The van der Waals surface area contributed by atoms with Crippen molar-refractivity contribution in [3.63, 3.8) is 0 Å². The van der Waals surface area contributed by atoms with Crippen LogP contribution in [0, 0.1) is 6.92 Å². The molecule has 0 aliphatic carbocycles. The molecule has 0 heterocycles. The Morgan fingerprint density at radius 1 is 1.21 bits per heavy atom. The average molecular weight is 319 g/mol. The van der Waals surface area contributed by atoms with Gasteiger partial charge in [0, 0.05) is 16.5 Å². The lowest BCUT2D eigenvalue weighted by atomic mass is 9.99. The highest BCUT2D eigenvalue weighted by Crippen LogP contribution is 2.21. The molecule has 0 radical (unpaired) electrons. The summed E-state index contributed by atoms with van der Waals surface area (Å²) in [6.07, 6.45) is 0.397. The van der Waals surface area contributed by atoms with Gasteiger partial charge in [-0.15, -0.1) is 0 Å². The Labute approximate surface area is 121 Å². The van der Waals surface area contributed by atoms with Crippen LogP contribution in [-0.4, -0.2) is 12.9 Å². The van der Waals surface area contributed by atoms with Gasteiger partial charge in [-0.25, -0.2) is 0 Å². The van der Waals surface area contributed by atoms with Crippen LogP contribution in [-0.2, 0) is 6.42 Å². The minimum atomic E-state index is 0.118. The SMILES string of the molecule is COc1ccc(C(=O)Cc2ccccc2Br)c(C)c1. The lowest BCUT2D eigenvalue weighted by Crippen LogP contribution is -2.06. The molecule has 0 fully saturated rings. The fourth-order valence-electron chi connectivity index (χ4n) is 1.99. The van der Waals surface area contributed by atoms with Crippen molar-refractivity contribution in [2.24, 2.45) is 0 Å². The van der Waals surface area contributed by atoms with Gasteiger partial charge in [0.15, 0.2) is 5.78 Å². The van der Waals surface area contributed by atoms with Crippen molar-refractivity contribution >= 4 is 21.7 Å². The number of benzene rings is 2. The van der Waals surface area contributed by atoms with Gasteiger partial charge < -0.3 is 4.74 Å². The third kappa shape index (κ3) is 3.24. The number of carbonyl (C=O) groups excluding carboxylic acids is 1. The van der Waals surface area contributed by atoms with E-state index in [0.29, 0.717) is 6.42 Å². The number of ether oxygens (including phenoxy) is 1. The summed E-state index contributed by atoms with van der Waals surface area (Å²) < 4.78 is 6.12. The number of halogens is 1. The van der Waals surface area contributed by atoms with Gasteiger partial charge in [0.1, 0.15) is 5.75 Å². The van der Waals surface area contributed by atoms with Gasteiger partial charge in [-0.2, -0.15) is 0 Å². The topological polar surface area (TPSA) is 26.3 Å². The number of Topliss-reactive ketones (excluding diaryl/α,β-unsaturated/α-hetero) is 1. The van der Waals surface area contributed by atoms with E-state index in [4.69, 9.17) is 4.74 Å². The monoisotopic (exact) mass is 318 g/mol. The molecule has 0 bridgehead atoms. The molecular formula is C16H15BrO2. The van der Waals surface area contributed by atoms with Crippen LogP contribution < -0.4 is 4.74 Å². The molecule has 0 aliphatic rings. The summed E-state index contributed by atoms with van der Waals surface area (Å²) in [4.78, 5) is 12.3. The molecule has 0 spiro atoms. The van der Waals surface area contributed by atoms with Gasteiger partial charge in [-0.3, -0.25) is 4.79 Å². The zero-order valence-electron chi connectivity index (χ0n) is 10.9. The quantitative estimate of drug-likeness (QED) is 0.790. The maximum Gasteiger partial charge on any atom is 0.167 e. The predicted octanol–water partition coefficient (Wildman–Crippen LogP) is 4.19. The average Bonchev–Trinajstić information content (AvgIpc) is 2.41. The maximum absolute atomic E-state index is 12.3. The van der Waals surface area contributed by atoms with Crippen molar-refractivity contribution < 1.29 is 9.53 Å². The van der Waals surface area contributed by atoms with Crippen LogP contribution in [0.5, 0.6) is 5.75 Å². The van der Waals surface area contributed by atoms with Crippen LogP contribution in [0.15, 0.2) is 46.9 Å². The van der Waals surface area contributed by atoms with Crippen LogP contribution in [0.1, 0.15) is 21.5 Å². The van der Waals surface area contributed by atoms with Crippen molar-refractivity contribution in [1.29, 1.82) is 0 Å². The van der Waals surface area contributed by atoms with Gasteiger partial charge in [-0.05, 0) is 42.3 Å². The Morgan fingerprint density at radius 3 is 2.58 bits per heavy atom. The van der Waals surface area contributed by atoms with Crippen molar-refractivity contribution in [2.45, 2.75) is 13.3 Å². The smallest absolute Gasteiger partial charge is 0.167 e. The molecule has 19 heavy (non-hydrogen) atoms. The lowest BCUT2D eigenvalue weighted by Gasteiger charge is -2.08. The maximum atomic E-state index is 12.3. The number of methoxy groups -OCH3 is 1. The zero-order chi connectivity index (χ0) is 13.8. The van der Waals surface area contributed by atoms with E-state index in [1.165, 1.54) is 0 Å². The largest absolute Gasteiger partial charge is 0.497 e. The minimum Gasteiger partial charge on any atom is -0.497 e. The molecule has 2 aromatic carbocycles. The van der Waals surface area contributed by atoms with Gasteiger partial charge in [0.2, 0.25) is 0 Å². The molecular weight excluding hydrogens is 304 g/mol. The Kier molecular flexibility index (Phi) is 4.38. The summed E-state index contributed by atoms with van der Waals surface area (Å²) in [6, 6.07) is 13.3. The number of aryl methyl sites for hydroxylation is 1. The third-order valence-corrected chi connectivity index (χ3v) is 3.82. The van der Waals surface area contributed by atoms with Gasteiger partial charge in [0.25, 0.3) is 0 Å². The molecule has 3 heteroatoms. The van der Waals surface area contributed by atoms with Crippen molar-refractivity contribution in [3.05, 3.63) is 63.6 Å². The number of hydrogen-bond acceptors (Lipinski definition) is 2. The van der Waals surface area contributed by atoms with E-state index in [1.54, 1.807) is 7.11 Å². The van der Waals surface area contributed by atoms with E-state index in [9.17, 15) is 4.79 Å². The summed E-state index contributed by atoms with van der Waals surface area (Å²) in [5, 5.41) is 0. The van der Waals surface area contributed by atoms with Gasteiger partial charge in [-0.1, -0.05) is 34.1 Å². The van der Waals surface area contributed by atoms with E-state index in [2.05, 4.69) is 15.9 Å².